The number of ether oxygens (including phenoxy) is 1. The van der Waals surface area contributed by atoms with Gasteiger partial charge >= 0.3 is 6.01 Å². The second-order valence-corrected chi connectivity index (χ2v) is 4.44. The molecule has 2 rings (SSSR count). The zero-order valence-corrected chi connectivity index (χ0v) is 12.2. The molecule has 0 spiro atoms. The second kappa shape index (κ2) is 8.23. The number of thiocarbonyl (C=S) groups is 1. The van der Waals surface area contributed by atoms with E-state index in [0.717, 1.165) is 11.0 Å². The van der Waals surface area contributed by atoms with Crippen LogP contribution in [-0.4, -0.2) is 35.1 Å². The van der Waals surface area contributed by atoms with Crippen LogP contribution in [0.5, 0.6) is 6.01 Å². The molecule has 0 saturated carbocycles. The Bertz CT molecular complexity index is 550. The Morgan fingerprint density at radius 3 is 2.65 bits per heavy atom. The minimum atomic E-state index is -1.15. The number of carbonyl (C=O) groups excluding carboxylic acids is 1. The molecule has 0 aliphatic carbocycles. The van der Waals surface area contributed by atoms with E-state index in [1.165, 1.54) is 0 Å². The molecule has 1 aromatic carbocycles. The summed E-state index contributed by atoms with van der Waals surface area (Å²) in [4.78, 5) is 17.3. The number of carboxylic acid groups (broad SMARTS) is 1. The number of nitrogens with one attached hydrogen (secondary N) is 1. The fraction of sp³-hybridized carbons (Fsp3) is 0.308. The van der Waals surface area contributed by atoms with Gasteiger partial charge in [0.2, 0.25) is 0 Å². The summed E-state index contributed by atoms with van der Waals surface area (Å²) in [5.74, 6) is -1.15. The van der Waals surface area contributed by atoms with Crippen molar-refractivity contribution in [3.63, 3.8) is 0 Å². The Balaban J connectivity index is 0.000000612. The van der Waals surface area contributed by atoms with Gasteiger partial charge in [-0.1, -0.05) is 12.1 Å². The van der Waals surface area contributed by atoms with E-state index in [9.17, 15) is 9.90 Å². The molecule has 0 radical (unpaired) electrons. The lowest BCUT2D eigenvalue weighted by atomic mass is 10.3. The van der Waals surface area contributed by atoms with Gasteiger partial charge < -0.3 is 24.9 Å². The highest BCUT2D eigenvalue weighted by Crippen LogP contribution is 2.15. The highest BCUT2D eigenvalue weighted by Gasteiger charge is 2.06. The first-order valence-electron chi connectivity index (χ1n) is 6.16. The molecular formula is C13H17N3O3S. The van der Waals surface area contributed by atoms with Crippen molar-refractivity contribution in [3.05, 3.63) is 24.3 Å². The molecule has 3 N–H and O–H groups in total. The minimum Gasteiger partial charge on any atom is -0.550 e. The zero-order valence-electron chi connectivity index (χ0n) is 11.4. The Hall–Kier alpha value is -1.99. The number of aliphatic carboxylic acids is 1. The summed E-state index contributed by atoms with van der Waals surface area (Å²) in [5.41, 5.74) is 1.61. The van der Waals surface area contributed by atoms with Crippen LogP contribution in [0.15, 0.2) is 24.3 Å². The average Bonchev–Trinajstić information content (AvgIpc) is 2.79. The molecule has 0 fully saturated rings. The van der Waals surface area contributed by atoms with Gasteiger partial charge in [0.1, 0.15) is 0 Å². The lowest BCUT2D eigenvalue weighted by Crippen LogP contribution is -2.74. The number of H-pyrrole nitrogens is 1. The third-order valence-electron chi connectivity index (χ3n) is 2.11. The van der Waals surface area contributed by atoms with Crippen LogP contribution in [-0.2, 0) is 4.79 Å². The Labute approximate surface area is 122 Å². The molecule has 0 unspecified atom stereocenters. The first kappa shape index (κ1) is 16.1. The smallest absolute Gasteiger partial charge is 0.300 e. The number of para-hydroxylation sites is 2. The van der Waals surface area contributed by atoms with Gasteiger partial charge in [0, 0.05) is 12.4 Å². The first-order valence-corrected chi connectivity index (χ1v) is 6.57. The van der Waals surface area contributed by atoms with Crippen molar-refractivity contribution in [2.75, 3.05) is 14.1 Å². The van der Waals surface area contributed by atoms with Crippen LogP contribution in [0.3, 0.4) is 0 Å². The summed E-state index contributed by atoms with van der Waals surface area (Å²) < 4.78 is 5.22. The van der Waals surface area contributed by atoms with Gasteiger partial charge in [-0.3, -0.25) is 0 Å². The third kappa shape index (κ3) is 5.33. The fourth-order valence-electron chi connectivity index (χ4n) is 1.34. The summed E-state index contributed by atoms with van der Waals surface area (Å²) in [7, 11) is 4.00. The average molecular weight is 295 g/mol. The number of nitrogens with two attached hydrogens (primary N) is 1. The van der Waals surface area contributed by atoms with E-state index in [1.807, 2.05) is 43.7 Å². The predicted octanol–water partition coefficient (Wildman–Crippen LogP) is -0.391. The summed E-state index contributed by atoms with van der Waals surface area (Å²) in [6.07, 6.45) is -0.0201. The number of aromatic amines is 1. The number of carboxylic acids is 1. The normalized spacial score (nSPS) is 9.70. The van der Waals surface area contributed by atoms with E-state index >= 15 is 0 Å². The van der Waals surface area contributed by atoms with Gasteiger partial charge in [-0.05, 0) is 30.8 Å². The maximum atomic E-state index is 10.2. The van der Waals surface area contributed by atoms with Crippen LogP contribution >= 0.6 is 12.2 Å². The van der Waals surface area contributed by atoms with E-state index in [1.54, 1.807) is 0 Å². The summed E-state index contributed by atoms with van der Waals surface area (Å²) in [6, 6.07) is 7.71. The zero-order chi connectivity index (χ0) is 15.0. The highest BCUT2D eigenvalue weighted by atomic mass is 32.1. The fourth-order valence-corrected chi connectivity index (χ4v) is 1.52. The van der Waals surface area contributed by atoms with Gasteiger partial charge in [-0.15, -0.1) is 0 Å². The van der Waals surface area contributed by atoms with Gasteiger partial charge in [0.05, 0.1) is 25.1 Å². The monoisotopic (exact) mass is 295 g/mol. The number of benzene rings is 1. The molecule has 0 aliphatic heterocycles. The number of hydrogen-bond donors (Lipinski definition) is 2. The molecule has 6 nitrogen and oxygen atoms in total. The lowest BCUT2D eigenvalue weighted by Gasteiger charge is -2.03. The molecule has 1 heterocycles. The quantitative estimate of drug-likeness (QED) is 0.749. The molecule has 108 valence electrons. The van der Waals surface area contributed by atoms with Crippen LogP contribution in [0.25, 0.3) is 11.0 Å². The van der Waals surface area contributed by atoms with Crippen molar-refractivity contribution in [1.29, 1.82) is 0 Å². The summed E-state index contributed by atoms with van der Waals surface area (Å²) >= 11 is 4.89. The number of nitrogens with zero attached hydrogens (tertiary/aromatic N) is 1. The van der Waals surface area contributed by atoms with E-state index in [4.69, 9.17) is 17.0 Å². The third-order valence-corrected chi connectivity index (χ3v) is 2.40. The van der Waals surface area contributed by atoms with Gasteiger partial charge in [0.15, 0.2) is 5.05 Å². The highest BCUT2D eigenvalue weighted by molar-refractivity contribution is 7.80. The molecule has 20 heavy (non-hydrogen) atoms. The molecule has 0 saturated heterocycles. The number of quaternary nitrogens is 1. The van der Waals surface area contributed by atoms with E-state index < -0.39 is 5.97 Å². The molecule has 1 aromatic heterocycles. The van der Waals surface area contributed by atoms with Crippen molar-refractivity contribution in [2.24, 2.45) is 0 Å². The number of imidazole rings is 1. The lowest BCUT2D eigenvalue weighted by molar-refractivity contribution is -0.597. The number of aromatic nitrogens is 2. The van der Waals surface area contributed by atoms with Crippen LogP contribution in [0, 0.1) is 0 Å². The standard InChI is InChI=1S/C11H10N2O3S.C2H7N/c14-9(15)5-6-10(17)16-11-12-7-3-1-2-4-8(7)13-11;1-3-2/h1-4H,5-6H2,(H,12,13)(H,14,15);3H,1-2H3. The number of fused-ring (bicyclic) bond motifs is 1. The summed E-state index contributed by atoms with van der Waals surface area (Å²) in [6.45, 7) is 0. The van der Waals surface area contributed by atoms with Crippen LogP contribution < -0.4 is 15.2 Å². The second-order valence-electron chi connectivity index (χ2n) is 3.98. The van der Waals surface area contributed by atoms with E-state index in [-0.39, 0.29) is 23.9 Å². The topological polar surface area (TPSA) is 94.7 Å². The molecule has 7 heteroatoms. The summed E-state index contributed by atoms with van der Waals surface area (Å²) in [5, 5.41) is 12.4. The number of hydrogen-bond acceptors (Lipinski definition) is 5. The number of carbonyl (C=O) groups is 1. The van der Waals surface area contributed by atoms with E-state index in [0.29, 0.717) is 0 Å². The molecule has 2 aromatic rings. The van der Waals surface area contributed by atoms with Gasteiger partial charge in [-0.25, -0.2) is 0 Å². The first-order chi connectivity index (χ1) is 9.56. The van der Waals surface area contributed by atoms with Crippen LogP contribution in [0.4, 0.5) is 0 Å². The number of rotatable bonds is 4. The largest absolute Gasteiger partial charge is 0.550 e. The Kier molecular flexibility index (Phi) is 6.61. The van der Waals surface area contributed by atoms with Crippen molar-refractivity contribution in [1.82, 2.24) is 9.97 Å². The molecule has 0 atom stereocenters. The molecule has 0 amide bonds. The van der Waals surface area contributed by atoms with Crippen LogP contribution in [0.2, 0.25) is 0 Å². The van der Waals surface area contributed by atoms with Crippen molar-refractivity contribution >= 4 is 34.3 Å². The maximum absolute atomic E-state index is 10.2. The van der Waals surface area contributed by atoms with Crippen molar-refractivity contribution in [2.45, 2.75) is 12.8 Å². The van der Waals surface area contributed by atoms with Crippen molar-refractivity contribution in [3.8, 4) is 6.01 Å². The minimum absolute atomic E-state index is 0.134. The van der Waals surface area contributed by atoms with Crippen molar-refractivity contribution < 1.29 is 20.0 Å². The van der Waals surface area contributed by atoms with Crippen LogP contribution in [0.1, 0.15) is 12.8 Å². The SMILES string of the molecule is C[NH2+]C.O=C([O-])CCC(=S)Oc1nc2ccccc2[nH]1. The van der Waals surface area contributed by atoms with Gasteiger partial charge in [-0.2, -0.15) is 4.98 Å². The van der Waals surface area contributed by atoms with Gasteiger partial charge in [0.25, 0.3) is 0 Å². The molecule has 0 bridgehead atoms. The van der Waals surface area contributed by atoms with E-state index in [2.05, 4.69) is 9.97 Å². The Morgan fingerprint density at radius 2 is 2.05 bits per heavy atom. The molecular weight excluding hydrogens is 278 g/mol. The maximum Gasteiger partial charge on any atom is 0.300 e. The predicted molar refractivity (Wildman–Crippen MR) is 77.3 cm³/mol. The molecule has 0 aliphatic rings. The Morgan fingerprint density at radius 1 is 1.40 bits per heavy atom.